The summed E-state index contributed by atoms with van der Waals surface area (Å²) in [6, 6.07) is 0. The van der Waals surface area contributed by atoms with Crippen LogP contribution in [0.15, 0.2) is 0 Å². The second-order valence-electron chi connectivity index (χ2n) is 6.81. The van der Waals surface area contributed by atoms with Gasteiger partial charge in [-0.25, -0.2) is 0 Å². The largest absolute Gasteiger partial charge is 0.317 e. The molecule has 0 aromatic heterocycles. The molecule has 0 saturated carbocycles. The summed E-state index contributed by atoms with van der Waals surface area (Å²) >= 11 is 0. The number of piperidine rings is 1. The van der Waals surface area contributed by atoms with Crippen LogP contribution < -0.4 is 10.6 Å². The molecule has 96 valence electrons. The molecular weight excluding hydrogens is 196 g/mol. The minimum absolute atomic E-state index is 0.406. The van der Waals surface area contributed by atoms with E-state index < -0.39 is 0 Å². The van der Waals surface area contributed by atoms with Crippen molar-refractivity contribution in [2.75, 3.05) is 26.2 Å². The average Bonchev–Trinajstić information content (AvgIpc) is 2.17. The van der Waals surface area contributed by atoms with Crippen LogP contribution in [-0.4, -0.2) is 26.2 Å². The Bertz CT molecular complexity index is 203. The van der Waals surface area contributed by atoms with Crippen LogP contribution in [0, 0.1) is 16.7 Å². The molecule has 0 unspecified atom stereocenters. The van der Waals surface area contributed by atoms with Gasteiger partial charge in [-0.05, 0) is 42.7 Å². The molecule has 0 atom stereocenters. The molecule has 2 nitrogen and oxygen atoms in total. The van der Waals surface area contributed by atoms with Gasteiger partial charge in [-0.2, -0.15) is 0 Å². The topological polar surface area (TPSA) is 24.1 Å². The van der Waals surface area contributed by atoms with Crippen molar-refractivity contribution in [2.45, 2.75) is 47.5 Å². The van der Waals surface area contributed by atoms with Crippen LogP contribution in [0.4, 0.5) is 0 Å². The maximum Gasteiger partial charge on any atom is 0.000634 e. The van der Waals surface area contributed by atoms with Gasteiger partial charge in [0.1, 0.15) is 0 Å². The van der Waals surface area contributed by atoms with E-state index >= 15 is 0 Å². The van der Waals surface area contributed by atoms with Crippen molar-refractivity contribution in [1.82, 2.24) is 10.6 Å². The highest BCUT2D eigenvalue weighted by atomic mass is 14.9. The van der Waals surface area contributed by atoms with Crippen molar-refractivity contribution in [3.8, 4) is 0 Å². The first-order chi connectivity index (χ1) is 7.36. The number of rotatable bonds is 5. The van der Waals surface area contributed by atoms with Gasteiger partial charge in [0.2, 0.25) is 0 Å². The normalized spacial score (nSPS) is 21.4. The van der Waals surface area contributed by atoms with E-state index in [1.165, 1.54) is 32.5 Å². The van der Waals surface area contributed by atoms with Gasteiger partial charge in [-0.3, -0.25) is 0 Å². The Morgan fingerprint density at radius 1 is 1.25 bits per heavy atom. The lowest BCUT2D eigenvalue weighted by atomic mass is 9.79. The zero-order chi connectivity index (χ0) is 12.2. The standard InChI is InChI=1S/C14H30N2/c1-12(2)13(3,4)10-16-11-14(5)6-8-15-9-7-14/h12,15-16H,6-11H2,1-5H3. The lowest BCUT2D eigenvalue weighted by molar-refractivity contribution is 0.187. The van der Waals surface area contributed by atoms with Gasteiger partial charge in [0.15, 0.2) is 0 Å². The van der Waals surface area contributed by atoms with E-state index in [0.29, 0.717) is 10.8 Å². The SMILES string of the molecule is CC(C)C(C)(C)CNCC1(C)CCNCC1. The highest BCUT2D eigenvalue weighted by Crippen LogP contribution is 2.28. The molecular formula is C14H30N2. The van der Waals surface area contributed by atoms with Crippen molar-refractivity contribution < 1.29 is 0 Å². The Hall–Kier alpha value is -0.0800. The van der Waals surface area contributed by atoms with Crippen LogP contribution in [0.5, 0.6) is 0 Å². The highest BCUT2D eigenvalue weighted by Gasteiger charge is 2.28. The molecule has 0 aliphatic carbocycles. The summed E-state index contributed by atoms with van der Waals surface area (Å²) in [5.74, 6) is 0.737. The lowest BCUT2D eigenvalue weighted by Crippen LogP contribution is -2.44. The Morgan fingerprint density at radius 2 is 1.81 bits per heavy atom. The van der Waals surface area contributed by atoms with Gasteiger partial charge in [0, 0.05) is 13.1 Å². The predicted molar refractivity (Wildman–Crippen MR) is 71.7 cm³/mol. The molecule has 1 rings (SSSR count). The summed E-state index contributed by atoms with van der Waals surface area (Å²) in [6.07, 6.45) is 2.62. The molecule has 1 heterocycles. The molecule has 0 aromatic carbocycles. The van der Waals surface area contributed by atoms with E-state index in [0.717, 1.165) is 12.5 Å². The van der Waals surface area contributed by atoms with Crippen LogP contribution in [-0.2, 0) is 0 Å². The molecule has 1 aliphatic heterocycles. The first kappa shape index (κ1) is 14.0. The molecule has 0 radical (unpaired) electrons. The van der Waals surface area contributed by atoms with E-state index in [1.807, 2.05) is 0 Å². The maximum absolute atomic E-state index is 3.69. The van der Waals surface area contributed by atoms with Gasteiger partial charge in [0.25, 0.3) is 0 Å². The van der Waals surface area contributed by atoms with Crippen LogP contribution >= 0.6 is 0 Å². The van der Waals surface area contributed by atoms with Crippen LogP contribution in [0.25, 0.3) is 0 Å². The summed E-state index contributed by atoms with van der Waals surface area (Å²) < 4.78 is 0. The highest BCUT2D eigenvalue weighted by molar-refractivity contribution is 4.84. The fourth-order valence-electron chi connectivity index (χ4n) is 2.10. The Labute approximate surface area is 102 Å². The van der Waals surface area contributed by atoms with Crippen molar-refractivity contribution in [2.24, 2.45) is 16.7 Å². The Morgan fingerprint density at radius 3 is 2.31 bits per heavy atom. The summed E-state index contributed by atoms with van der Waals surface area (Å²) in [6.45, 7) is 16.4. The first-order valence-corrected chi connectivity index (χ1v) is 6.77. The quantitative estimate of drug-likeness (QED) is 0.753. The van der Waals surface area contributed by atoms with E-state index in [-0.39, 0.29) is 0 Å². The summed E-state index contributed by atoms with van der Waals surface area (Å²) in [7, 11) is 0. The average molecular weight is 226 g/mol. The van der Waals surface area contributed by atoms with Gasteiger partial charge >= 0.3 is 0 Å². The third kappa shape index (κ3) is 4.06. The minimum Gasteiger partial charge on any atom is -0.317 e. The molecule has 1 fully saturated rings. The summed E-state index contributed by atoms with van der Waals surface area (Å²) in [5, 5.41) is 7.13. The molecule has 0 aromatic rings. The van der Waals surface area contributed by atoms with E-state index in [9.17, 15) is 0 Å². The van der Waals surface area contributed by atoms with Gasteiger partial charge in [-0.1, -0.05) is 34.6 Å². The van der Waals surface area contributed by atoms with Crippen molar-refractivity contribution >= 4 is 0 Å². The monoisotopic (exact) mass is 226 g/mol. The smallest absolute Gasteiger partial charge is 0.000634 e. The molecule has 0 spiro atoms. The van der Waals surface area contributed by atoms with Crippen LogP contribution in [0.2, 0.25) is 0 Å². The third-order valence-electron chi connectivity index (χ3n) is 4.51. The minimum atomic E-state index is 0.406. The zero-order valence-electron chi connectivity index (χ0n) is 11.8. The van der Waals surface area contributed by atoms with Crippen molar-refractivity contribution in [3.05, 3.63) is 0 Å². The van der Waals surface area contributed by atoms with E-state index in [2.05, 4.69) is 45.3 Å². The van der Waals surface area contributed by atoms with Gasteiger partial charge in [-0.15, -0.1) is 0 Å². The predicted octanol–water partition coefficient (Wildman–Crippen LogP) is 2.65. The number of nitrogens with one attached hydrogen (secondary N) is 2. The van der Waals surface area contributed by atoms with Crippen molar-refractivity contribution in [3.63, 3.8) is 0 Å². The maximum atomic E-state index is 3.69. The van der Waals surface area contributed by atoms with E-state index in [4.69, 9.17) is 0 Å². The number of hydrogen-bond acceptors (Lipinski definition) is 2. The molecule has 0 bridgehead atoms. The third-order valence-corrected chi connectivity index (χ3v) is 4.51. The molecule has 16 heavy (non-hydrogen) atoms. The zero-order valence-corrected chi connectivity index (χ0v) is 11.8. The lowest BCUT2D eigenvalue weighted by Gasteiger charge is -2.36. The first-order valence-electron chi connectivity index (χ1n) is 6.77. The second kappa shape index (κ2) is 5.50. The van der Waals surface area contributed by atoms with Crippen LogP contribution in [0.1, 0.15) is 47.5 Å². The Kier molecular flexibility index (Phi) is 4.81. The molecule has 0 amide bonds. The fraction of sp³-hybridized carbons (Fsp3) is 1.00. The number of hydrogen-bond donors (Lipinski definition) is 2. The fourth-order valence-corrected chi connectivity index (χ4v) is 2.10. The van der Waals surface area contributed by atoms with E-state index in [1.54, 1.807) is 0 Å². The van der Waals surface area contributed by atoms with Crippen molar-refractivity contribution in [1.29, 1.82) is 0 Å². The molecule has 1 saturated heterocycles. The van der Waals surface area contributed by atoms with Gasteiger partial charge in [0.05, 0.1) is 0 Å². The second-order valence-corrected chi connectivity index (χ2v) is 6.81. The molecule has 1 aliphatic rings. The van der Waals surface area contributed by atoms with Crippen LogP contribution in [0.3, 0.4) is 0 Å². The van der Waals surface area contributed by atoms with Gasteiger partial charge < -0.3 is 10.6 Å². The summed E-state index contributed by atoms with van der Waals surface area (Å²) in [5.41, 5.74) is 0.918. The molecule has 2 heteroatoms. The molecule has 2 N–H and O–H groups in total. The summed E-state index contributed by atoms with van der Waals surface area (Å²) in [4.78, 5) is 0. The Balaban J connectivity index is 2.29.